The molecule has 4 rings (SSSR count). The average molecular weight is 570 g/mol. The third-order valence-electron chi connectivity index (χ3n) is 5.85. The predicted octanol–water partition coefficient (Wildman–Crippen LogP) is 4.54. The number of halogens is 6. The minimum atomic E-state index is -5.08. The predicted molar refractivity (Wildman–Crippen MR) is 123 cm³/mol. The van der Waals surface area contributed by atoms with Gasteiger partial charge in [0.1, 0.15) is 0 Å². The van der Waals surface area contributed by atoms with Crippen LogP contribution < -0.4 is 0 Å². The molecule has 0 saturated carbocycles. The number of pyridine rings is 1. The van der Waals surface area contributed by atoms with E-state index in [1.807, 2.05) is 12.1 Å². The van der Waals surface area contributed by atoms with E-state index in [4.69, 9.17) is 19.8 Å². The van der Waals surface area contributed by atoms with Crippen LogP contribution in [0, 0.1) is 5.41 Å². The number of hydrogen-bond acceptors (Lipinski definition) is 6. The van der Waals surface area contributed by atoms with Crippen molar-refractivity contribution in [2.45, 2.75) is 38.2 Å². The minimum absolute atomic E-state index is 0.137. The molecule has 1 amide bonds. The van der Waals surface area contributed by atoms with Crippen LogP contribution in [0.25, 0.3) is 0 Å². The molecule has 2 aromatic rings. The van der Waals surface area contributed by atoms with Crippen molar-refractivity contribution in [3.63, 3.8) is 0 Å². The summed E-state index contributed by atoms with van der Waals surface area (Å²) >= 11 is 1.77. The van der Waals surface area contributed by atoms with Crippen molar-refractivity contribution in [1.29, 1.82) is 0 Å². The largest absolute Gasteiger partial charge is 0.490 e. The van der Waals surface area contributed by atoms with Crippen molar-refractivity contribution in [2.24, 2.45) is 5.41 Å². The van der Waals surface area contributed by atoms with Crippen LogP contribution in [0.5, 0.6) is 0 Å². The maximum Gasteiger partial charge on any atom is 0.490 e. The van der Waals surface area contributed by atoms with Crippen LogP contribution in [0.2, 0.25) is 0 Å². The van der Waals surface area contributed by atoms with E-state index in [0.29, 0.717) is 5.56 Å². The molecule has 0 aromatic carbocycles. The summed E-state index contributed by atoms with van der Waals surface area (Å²) in [4.78, 5) is 39.2. The van der Waals surface area contributed by atoms with Crippen molar-refractivity contribution in [3.05, 3.63) is 52.5 Å². The standard InChI is InChI=1S/C19H23N3OS.2C2HF3O2/c23-18(17-3-1-7-20-11-17)22-8-2-5-19(15-22)6-9-21(14-19)12-16-4-10-24-13-16;2*3-2(4,5)1(6)7/h1,3-4,7,10-11,13H,2,5-6,8-9,12,14-15H2;2*(H,6,7). The lowest BCUT2D eigenvalue weighted by Gasteiger charge is -2.40. The smallest absolute Gasteiger partial charge is 0.475 e. The van der Waals surface area contributed by atoms with E-state index in [2.05, 4.69) is 31.6 Å². The molecule has 0 radical (unpaired) electrons. The van der Waals surface area contributed by atoms with Crippen LogP contribution in [0.1, 0.15) is 35.2 Å². The summed E-state index contributed by atoms with van der Waals surface area (Å²) in [6.45, 7) is 5.06. The van der Waals surface area contributed by atoms with E-state index in [-0.39, 0.29) is 11.3 Å². The zero-order chi connectivity index (χ0) is 28.6. The molecule has 2 aliphatic heterocycles. The lowest BCUT2D eigenvalue weighted by molar-refractivity contribution is -0.193. The lowest BCUT2D eigenvalue weighted by Crippen LogP contribution is -2.47. The molecular formula is C23H25F6N3O5S. The summed E-state index contributed by atoms with van der Waals surface area (Å²) < 4.78 is 63.5. The Morgan fingerprint density at radius 1 is 0.974 bits per heavy atom. The molecule has 1 unspecified atom stereocenters. The van der Waals surface area contributed by atoms with Gasteiger partial charge in [0, 0.05) is 44.0 Å². The maximum atomic E-state index is 12.8. The highest BCUT2D eigenvalue weighted by Gasteiger charge is 2.42. The van der Waals surface area contributed by atoms with Gasteiger partial charge in [-0.15, -0.1) is 0 Å². The number of amides is 1. The topological polar surface area (TPSA) is 111 Å². The van der Waals surface area contributed by atoms with Crippen LogP contribution in [-0.2, 0) is 16.1 Å². The van der Waals surface area contributed by atoms with Gasteiger partial charge in [0.15, 0.2) is 0 Å². The van der Waals surface area contributed by atoms with E-state index in [1.54, 1.807) is 23.7 Å². The van der Waals surface area contributed by atoms with Gasteiger partial charge < -0.3 is 15.1 Å². The van der Waals surface area contributed by atoms with Crippen molar-refractivity contribution in [2.75, 3.05) is 26.2 Å². The highest BCUT2D eigenvalue weighted by Crippen LogP contribution is 2.39. The lowest BCUT2D eigenvalue weighted by atomic mass is 9.79. The van der Waals surface area contributed by atoms with E-state index in [9.17, 15) is 31.1 Å². The quantitative estimate of drug-likeness (QED) is 0.523. The average Bonchev–Trinajstić information content (AvgIpc) is 3.49. The number of carboxylic acids is 2. The number of thiophene rings is 1. The fraction of sp³-hybridized carbons (Fsp3) is 0.478. The molecule has 2 aromatic heterocycles. The summed E-state index contributed by atoms with van der Waals surface area (Å²) in [7, 11) is 0. The highest BCUT2D eigenvalue weighted by molar-refractivity contribution is 7.07. The van der Waals surface area contributed by atoms with Crippen LogP contribution in [0.4, 0.5) is 26.3 Å². The third-order valence-corrected chi connectivity index (χ3v) is 6.58. The summed E-state index contributed by atoms with van der Waals surface area (Å²) in [5.41, 5.74) is 2.41. The highest BCUT2D eigenvalue weighted by atomic mass is 32.1. The third kappa shape index (κ3) is 9.59. The van der Waals surface area contributed by atoms with E-state index < -0.39 is 24.3 Å². The van der Waals surface area contributed by atoms with Crippen LogP contribution in [0.3, 0.4) is 0 Å². The van der Waals surface area contributed by atoms with Crippen LogP contribution in [-0.4, -0.2) is 81.4 Å². The Bertz CT molecular complexity index is 1040. The number of piperidine rings is 1. The van der Waals surface area contributed by atoms with Crippen molar-refractivity contribution in [1.82, 2.24) is 14.8 Å². The number of likely N-dealkylation sites (tertiary alicyclic amines) is 2. The van der Waals surface area contributed by atoms with Crippen molar-refractivity contribution >= 4 is 29.2 Å². The maximum absolute atomic E-state index is 12.8. The monoisotopic (exact) mass is 569 g/mol. The molecule has 0 bridgehead atoms. The van der Waals surface area contributed by atoms with E-state index >= 15 is 0 Å². The van der Waals surface area contributed by atoms with Gasteiger partial charge in [0.25, 0.3) is 5.91 Å². The summed E-state index contributed by atoms with van der Waals surface area (Å²) in [5.74, 6) is -5.38. The molecule has 2 fully saturated rings. The Morgan fingerprint density at radius 3 is 2.11 bits per heavy atom. The number of nitrogens with zero attached hydrogens (tertiary/aromatic N) is 3. The second kappa shape index (κ2) is 13.0. The number of alkyl halides is 6. The van der Waals surface area contributed by atoms with Gasteiger partial charge in [-0.1, -0.05) is 0 Å². The molecule has 1 atom stereocenters. The summed E-state index contributed by atoms with van der Waals surface area (Å²) in [5, 5.41) is 18.6. The van der Waals surface area contributed by atoms with Crippen LogP contribution in [0.15, 0.2) is 41.4 Å². The van der Waals surface area contributed by atoms with Gasteiger partial charge in [-0.25, -0.2) is 9.59 Å². The number of carboxylic acid groups (broad SMARTS) is 2. The van der Waals surface area contributed by atoms with Gasteiger partial charge in [-0.3, -0.25) is 14.7 Å². The van der Waals surface area contributed by atoms with Crippen LogP contribution >= 0.6 is 11.3 Å². The van der Waals surface area contributed by atoms with E-state index in [1.165, 1.54) is 18.4 Å². The normalized spacial score (nSPS) is 19.7. The number of carbonyl (C=O) groups is 3. The Labute approximate surface area is 217 Å². The van der Waals surface area contributed by atoms with Gasteiger partial charge in [-0.05, 0) is 60.3 Å². The van der Waals surface area contributed by atoms with Gasteiger partial charge in [0.05, 0.1) is 5.56 Å². The molecule has 4 heterocycles. The first-order chi connectivity index (χ1) is 17.6. The first kappa shape index (κ1) is 31.0. The zero-order valence-electron chi connectivity index (χ0n) is 19.8. The number of carbonyl (C=O) groups excluding carboxylic acids is 1. The summed E-state index contributed by atoms with van der Waals surface area (Å²) in [6, 6.07) is 5.92. The molecule has 15 heteroatoms. The number of hydrogen-bond donors (Lipinski definition) is 2. The fourth-order valence-electron chi connectivity index (χ4n) is 4.19. The SMILES string of the molecule is O=C(O)C(F)(F)F.O=C(O)C(F)(F)F.O=C(c1cccnc1)N1CCCC2(CCN(Cc3ccsc3)C2)C1. The fourth-order valence-corrected chi connectivity index (χ4v) is 4.85. The van der Waals surface area contributed by atoms with Gasteiger partial charge in [0.2, 0.25) is 0 Å². The van der Waals surface area contributed by atoms with Crippen molar-refractivity contribution in [3.8, 4) is 0 Å². The second-order valence-electron chi connectivity index (χ2n) is 8.77. The molecule has 1 spiro atoms. The molecule has 0 aliphatic carbocycles. The molecule has 210 valence electrons. The number of aliphatic carboxylic acids is 2. The Hall–Kier alpha value is -3.20. The Balaban J connectivity index is 0.000000301. The zero-order valence-corrected chi connectivity index (χ0v) is 20.7. The van der Waals surface area contributed by atoms with Gasteiger partial charge in [-0.2, -0.15) is 37.7 Å². The Morgan fingerprint density at radius 2 is 1.61 bits per heavy atom. The molecule has 38 heavy (non-hydrogen) atoms. The molecule has 2 N–H and O–H groups in total. The first-order valence-electron chi connectivity index (χ1n) is 11.2. The molecule has 8 nitrogen and oxygen atoms in total. The molecule has 2 aliphatic rings. The second-order valence-corrected chi connectivity index (χ2v) is 9.55. The van der Waals surface area contributed by atoms with Crippen molar-refractivity contribution < 1.29 is 50.9 Å². The Kier molecular flexibility index (Phi) is 10.6. The van der Waals surface area contributed by atoms with E-state index in [0.717, 1.165) is 39.1 Å². The molecular weight excluding hydrogens is 544 g/mol. The molecule has 2 saturated heterocycles. The minimum Gasteiger partial charge on any atom is -0.475 e. The number of rotatable bonds is 3. The number of aromatic nitrogens is 1. The first-order valence-corrected chi connectivity index (χ1v) is 12.1. The summed E-state index contributed by atoms with van der Waals surface area (Å²) in [6.07, 6.45) is -3.22. The van der Waals surface area contributed by atoms with Gasteiger partial charge >= 0.3 is 24.3 Å².